The molecule has 0 bridgehead atoms. The van der Waals surface area contributed by atoms with E-state index in [1.54, 1.807) is 18.4 Å². The molecular formula is C18H19N3O2S2. The maximum Gasteiger partial charge on any atom is 0.230 e. The van der Waals surface area contributed by atoms with Crippen molar-refractivity contribution < 1.29 is 9.53 Å². The lowest BCUT2D eigenvalue weighted by atomic mass is 10.1. The Balaban J connectivity index is 1.55. The molecule has 2 aromatic carbocycles. The van der Waals surface area contributed by atoms with Crippen LogP contribution in [0, 0.1) is 0 Å². The Bertz CT molecular complexity index is 878. The Labute approximate surface area is 154 Å². The van der Waals surface area contributed by atoms with Crippen LogP contribution in [0.3, 0.4) is 0 Å². The Morgan fingerprint density at radius 3 is 2.80 bits per heavy atom. The van der Waals surface area contributed by atoms with Crippen LogP contribution >= 0.6 is 23.1 Å². The monoisotopic (exact) mass is 373 g/mol. The Hall–Kier alpha value is -2.25. The van der Waals surface area contributed by atoms with Crippen molar-refractivity contribution in [3.05, 3.63) is 48.0 Å². The molecule has 3 aromatic rings. The number of fused-ring (bicyclic) bond motifs is 1. The number of nitrogens with zero attached hydrogens (tertiary/aromatic N) is 1. The van der Waals surface area contributed by atoms with E-state index in [4.69, 9.17) is 10.5 Å². The van der Waals surface area contributed by atoms with E-state index in [1.165, 1.54) is 11.8 Å². The molecule has 0 radical (unpaired) electrons. The third-order valence-electron chi connectivity index (χ3n) is 3.71. The zero-order valence-corrected chi connectivity index (χ0v) is 15.6. The van der Waals surface area contributed by atoms with Crippen LogP contribution in [-0.2, 0) is 4.79 Å². The van der Waals surface area contributed by atoms with Crippen LogP contribution in [0.15, 0.2) is 46.8 Å². The van der Waals surface area contributed by atoms with E-state index < -0.39 is 0 Å². The molecule has 0 aliphatic rings. The number of nitrogens with two attached hydrogens (primary N) is 1. The number of anilines is 1. The zero-order chi connectivity index (χ0) is 17.8. The number of hydrogen-bond acceptors (Lipinski definition) is 6. The Morgan fingerprint density at radius 1 is 1.32 bits per heavy atom. The van der Waals surface area contributed by atoms with Crippen LogP contribution in [0.1, 0.15) is 18.5 Å². The van der Waals surface area contributed by atoms with Gasteiger partial charge in [-0.05, 0) is 42.8 Å². The molecule has 3 N–H and O–H groups in total. The van der Waals surface area contributed by atoms with E-state index in [2.05, 4.69) is 10.3 Å². The Morgan fingerprint density at radius 2 is 2.08 bits per heavy atom. The van der Waals surface area contributed by atoms with Crippen LogP contribution in [0.25, 0.3) is 10.2 Å². The van der Waals surface area contributed by atoms with E-state index >= 15 is 0 Å². The molecule has 0 aliphatic heterocycles. The van der Waals surface area contributed by atoms with E-state index in [0.717, 1.165) is 25.9 Å². The van der Waals surface area contributed by atoms with Gasteiger partial charge >= 0.3 is 0 Å². The molecule has 5 nitrogen and oxygen atoms in total. The minimum atomic E-state index is -0.0610. The molecule has 0 saturated carbocycles. The number of nitrogen functional groups attached to an aromatic ring is 1. The number of methoxy groups -OCH3 is 1. The van der Waals surface area contributed by atoms with Crippen LogP contribution in [0.4, 0.5) is 5.69 Å². The molecule has 1 unspecified atom stereocenters. The standard InChI is InChI=1S/C18H19N3O2S2/c1-11(12-3-6-14(23-2)7-4-12)20-17(22)10-24-18-21-15-9-13(19)5-8-16(15)25-18/h3-9,11H,10,19H2,1-2H3,(H,20,22). The highest BCUT2D eigenvalue weighted by atomic mass is 32.2. The van der Waals surface area contributed by atoms with Crippen LogP contribution in [-0.4, -0.2) is 23.8 Å². The summed E-state index contributed by atoms with van der Waals surface area (Å²) in [5, 5.41) is 3.00. The first kappa shape index (κ1) is 17.6. The number of carbonyl (C=O) groups is 1. The summed E-state index contributed by atoms with van der Waals surface area (Å²) in [6.07, 6.45) is 0. The van der Waals surface area contributed by atoms with Crippen molar-refractivity contribution in [1.29, 1.82) is 0 Å². The van der Waals surface area contributed by atoms with Crippen molar-refractivity contribution in [2.24, 2.45) is 0 Å². The topological polar surface area (TPSA) is 77.2 Å². The average Bonchev–Trinajstić information content (AvgIpc) is 3.02. The largest absolute Gasteiger partial charge is 0.497 e. The number of thioether (sulfide) groups is 1. The van der Waals surface area contributed by atoms with E-state index in [1.807, 2.05) is 49.4 Å². The van der Waals surface area contributed by atoms with Gasteiger partial charge in [0.1, 0.15) is 5.75 Å². The lowest BCUT2D eigenvalue weighted by molar-refractivity contribution is -0.119. The van der Waals surface area contributed by atoms with Gasteiger partial charge in [0.15, 0.2) is 4.34 Å². The highest BCUT2D eigenvalue weighted by molar-refractivity contribution is 8.01. The van der Waals surface area contributed by atoms with Gasteiger partial charge in [-0.25, -0.2) is 4.98 Å². The molecule has 25 heavy (non-hydrogen) atoms. The van der Waals surface area contributed by atoms with Gasteiger partial charge in [-0.3, -0.25) is 4.79 Å². The number of rotatable bonds is 6. The second-order valence-electron chi connectivity index (χ2n) is 5.56. The number of aromatic nitrogens is 1. The number of thiazole rings is 1. The van der Waals surface area contributed by atoms with Crippen LogP contribution in [0.2, 0.25) is 0 Å². The van der Waals surface area contributed by atoms with Gasteiger partial charge in [-0.15, -0.1) is 11.3 Å². The minimum Gasteiger partial charge on any atom is -0.497 e. The summed E-state index contributed by atoms with van der Waals surface area (Å²) in [5.41, 5.74) is 8.38. The van der Waals surface area contributed by atoms with Crippen LogP contribution < -0.4 is 15.8 Å². The van der Waals surface area contributed by atoms with Crippen molar-refractivity contribution in [2.45, 2.75) is 17.3 Å². The lowest BCUT2D eigenvalue weighted by Crippen LogP contribution is -2.28. The summed E-state index contributed by atoms with van der Waals surface area (Å²) in [6, 6.07) is 13.3. The molecular weight excluding hydrogens is 354 g/mol. The van der Waals surface area contributed by atoms with Gasteiger partial charge in [0.05, 0.1) is 29.1 Å². The summed E-state index contributed by atoms with van der Waals surface area (Å²) >= 11 is 3.01. The first-order valence-corrected chi connectivity index (χ1v) is 9.57. The van der Waals surface area contributed by atoms with Gasteiger partial charge in [-0.2, -0.15) is 0 Å². The van der Waals surface area contributed by atoms with Gasteiger partial charge in [0.25, 0.3) is 0 Å². The number of carbonyl (C=O) groups excluding carboxylic acids is 1. The predicted octanol–water partition coefficient (Wildman–Crippen LogP) is 3.86. The smallest absolute Gasteiger partial charge is 0.230 e. The van der Waals surface area contributed by atoms with Gasteiger partial charge in [0, 0.05) is 5.69 Å². The summed E-state index contributed by atoms with van der Waals surface area (Å²) in [7, 11) is 1.63. The molecule has 0 saturated heterocycles. The quantitative estimate of drug-likeness (QED) is 0.507. The summed E-state index contributed by atoms with van der Waals surface area (Å²) in [5.74, 6) is 1.11. The van der Waals surface area contributed by atoms with Crippen molar-refractivity contribution in [2.75, 3.05) is 18.6 Å². The van der Waals surface area contributed by atoms with Gasteiger partial charge in [0.2, 0.25) is 5.91 Å². The second-order valence-corrected chi connectivity index (χ2v) is 7.81. The predicted molar refractivity (Wildman–Crippen MR) is 104 cm³/mol. The molecule has 0 spiro atoms. The van der Waals surface area contributed by atoms with Crippen molar-refractivity contribution >= 4 is 44.9 Å². The summed E-state index contributed by atoms with van der Waals surface area (Å²) < 4.78 is 7.09. The fraction of sp³-hybridized carbons (Fsp3) is 0.222. The minimum absolute atomic E-state index is 0.0212. The molecule has 1 heterocycles. The second kappa shape index (κ2) is 7.76. The first-order chi connectivity index (χ1) is 12.0. The highest BCUT2D eigenvalue weighted by Crippen LogP contribution is 2.30. The Kier molecular flexibility index (Phi) is 5.45. The number of hydrogen-bond donors (Lipinski definition) is 2. The molecule has 0 aliphatic carbocycles. The summed E-state index contributed by atoms with van der Waals surface area (Å²) in [4.78, 5) is 16.7. The molecule has 0 fully saturated rings. The van der Waals surface area contributed by atoms with E-state index in [9.17, 15) is 4.79 Å². The highest BCUT2D eigenvalue weighted by Gasteiger charge is 2.12. The maximum absolute atomic E-state index is 12.2. The van der Waals surface area contributed by atoms with E-state index in [0.29, 0.717) is 11.4 Å². The first-order valence-electron chi connectivity index (χ1n) is 7.77. The molecule has 3 rings (SSSR count). The third-order valence-corrected chi connectivity index (χ3v) is 5.89. The van der Waals surface area contributed by atoms with Crippen LogP contribution in [0.5, 0.6) is 5.75 Å². The molecule has 130 valence electrons. The maximum atomic E-state index is 12.2. The average molecular weight is 374 g/mol. The van der Waals surface area contributed by atoms with Gasteiger partial charge < -0.3 is 15.8 Å². The normalized spacial score (nSPS) is 12.1. The molecule has 1 amide bonds. The fourth-order valence-electron chi connectivity index (χ4n) is 2.37. The number of ether oxygens (including phenoxy) is 1. The SMILES string of the molecule is COc1ccc(C(C)NC(=O)CSc2nc3cc(N)ccc3s2)cc1. The number of nitrogens with one attached hydrogen (secondary N) is 1. The third kappa shape index (κ3) is 4.43. The number of amides is 1. The lowest BCUT2D eigenvalue weighted by Gasteiger charge is -2.14. The van der Waals surface area contributed by atoms with Gasteiger partial charge in [-0.1, -0.05) is 23.9 Å². The number of benzene rings is 2. The molecule has 1 aromatic heterocycles. The van der Waals surface area contributed by atoms with Crippen molar-refractivity contribution in [3.63, 3.8) is 0 Å². The summed E-state index contributed by atoms with van der Waals surface area (Å²) in [6.45, 7) is 1.96. The fourth-order valence-corrected chi connectivity index (χ4v) is 4.23. The molecule has 7 heteroatoms. The van der Waals surface area contributed by atoms with Crippen molar-refractivity contribution in [3.8, 4) is 5.75 Å². The molecule has 1 atom stereocenters. The zero-order valence-electron chi connectivity index (χ0n) is 14.0. The van der Waals surface area contributed by atoms with E-state index in [-0.39, 0.29) is 11.9 Å². The van der Waals surface area contributed by atoms with Crippen molar-refractivity contribution in [1.82, 2.24) is 10.3 Å².